The number of hydrogen-bond acceptors (Lipinski definition) is 16. The molecule has 19 nitrogen and oxygen atoms in total. The van der Waals surface area contributed by atoms with Crippen LogP contribution in [0, 0.1) is 0 Å². The van der Waals surface area contributed by atoms with Crippen LogP contribution in [0.15, 0.2) is 30.3 Å². The summed E-state index contributed by atoms with van der Waals surface area (Å²) in [6.07, 6.45) is -3.21. The van der Waals surface area contributed by atoms with E-state index in [1.54, 1.807) is 35.8 Å². The van der Waals surface area contributed by atoms with Crippen molar-refractivity contribution in [3.8, 4) is 0 Å². The third kappa shape index (κ3) is 15.5. The van der Waals surface area contributed by atoms with Crippen LogP contribution in [0.5, 0.6) is 0 Å². The zero-order valence-corrected chi connectivity index (χ0v) is 28.7. The number of carbonyl (C=O) groups excluding carboxylic acids is 8. The second kappa shape index (κ2) is 22.5. The predicted octanol–water partition coefficient (Wildman–Crippen LogP) is -3.94. The normalized spacial score (nSPS) is 14.6. The van der Waals surface area contributed by atoms with Crippen molar-refractivity contribution in [1.29, 1.82) is 0 Å². The number of ketones is 4. The number of rotatable bonds is 26. The van der Waals surface area contributed by atoms with E-state index < -0.39 is 115 Å². The first-order valence-electron chi connectivity index (χ1n) is 15.0. The number of carbonyl (C=O) groups is 9. The monoisotopic (exact) mass is 742 g/mol. The number of primary amides is 2. The molecule has 1 aromatic rings. The Hall–Kier alpha value is -4.25. The van der Waals surface area contributed by atoms with E-state index in [2.05, 4.69) is 46.7 Å². The number of carboxylic acid groups (broad SMARTS) is 1. The topological polar surface area (TPSA) is 318 Å². The number of hydrogen-bond donors (Lipinski definition) is 12. The number of benzene rings is 1. The van der Waals surface area contributed by atoms with Crippen molar-refractivity contribution in [2.24, 2.45) is 11.5 Å². The van der Waals surface area contributed by atoms with E-state index in [0.717, 1.165) is 0 Å². The average Bonchev–Trinajstić information content (AvgIpc) is 3.05. The number of aliphatic carboxylic acids is 1. The number of nitrogens with two attached hydrogens (primary N) is 2. The Labute approximate surface area is 297 Å². The second-order valence-electron chi connectivity index (χ2n) is 10.9. The molecule has 0 spiro atoms. The number of carboxylic acids is 1. The lowest BCUT2D eigenvalue weighted by Gasteiger charge is -2.26. The predicted molar refractivity (Wildman–Crippen MR) is 181 cm³/mol. The van der Waals surface area contributed by atoms with Crippen LogP contribution in [0.4, 0.5) is 0 Å². The Kier molecular flexibility index (Phi) is 19.7. The maximum Gasteiger partial charge on any atom is 0.305 e. The largest absolute Gasteiger partial charge is 0.481 e. The Bertz CT molecular complexity index is 1400. The number of amides is 4. The average molecular weight is 743 g/mol. The number of Topliss-reactive ketones (excluding diaryl/α,β-unsaturated/α-hetero) is 4. The van der Waals surface area contributed by atoms with E-state index in [1.165, 1.54) is 6.92 Å². The first-order valence-corrected chi connectivity index (χ1v) is 16.2. The summed E-state index contributed by atoms with van der Waals surface area (Å²) in [6.45, 7) is 1.52. The molecule has 1 rings (SSSR count). The van der Waals surface area contributed by atoms with Gasteiger partial charge in [-0.2, -0.15) is 30.7 Å². The van der Waals surface area contributed by atoms with Crippen molar-refractivity contribution >= 4 is 78.0 Å². The maximum absolute atomic E-state index is 13.6. The standard InChI is InChI=1S/C29H42N8O11S2/c1-14(32-13-50)21(38)11-22(39)16(8-23(30)40)35-36-19(7-15-5-3-2-4-6-15)29(47)34-18(9-24(31)41)28(46)33-17(10-25(42)43)26(44)27(45)20(12-49)37-48/h2-6,14,16-20,32,35-37,48-50H,7-13H2,1H3,(H2,30,40)(H2,31,41)(H,33,46)(H,34,47)(H,42,43)/t14-,16-,17-,18-,19-,20-/m0/s1. The van der Waals surface area contributed by atoms with Gasteiger partial charge in [-0.1, -0.05) is 30.3 Å². The molecule has 0 heterocycles. The molecule has 0 saturated heterocycles. The first kappa shape index (κ1) is 43.8. The van der Waals surface area contributed by atoms with Gasteiger partial charge in [0, 0.05) is 11.6 Å². The number of hydroxylamine groups is 1. The van der Waals surface area contributed by atoms with Crippen molar-refractivity contribution in [1.82, 2.24) is 32.3 Å². The Balaban J connectivity index is 3.33. The summed E-state index contributed by atoms with van der Waals surface area (Å²) in [7, 11) is 0. The van der Waals surface area contributed by atoms with Gasteiger partial charge in [-0.05, 0) is 18.9 Å². The molecule has 0 fully saturated rings. The molecule has 0 bridgehead atoms. The highest BCUT2D eigenvalue weighted by Crippen LogP contribution is 2.08. The van der Waals surface area contributed by atoms with Crippen molar-refractivity contribution in [3.63, 3.8) is 0 Å². The van der Waals surface area contributed by atoms with Crippen LogP contribution in [-0.2, 0) is 49.6 Å². The minimum absolute atomic E-state index is 0.113. The molecule has 4 amide bonds. The van der Waals surface area contributed by atoms with Gasteiger partial charge < -0.3 is 32.4 Å². The lowest BCUT2D eigenvalue weighted by Crippen LogP contribution is -2.60. The fourth-order valence-electron chi connectivity index (χ4n) is 4.27. The van der Waals surface area contributed by atoms with E-state index in [0.29, 0.717) is 5.56 Å². The molecule has 0 radical (unpaired) electrons. The Morgan fingerprint density at radius 2 is 1.24 bits per heavy atom. The van der Waals surface area contributed by atoms with Crippen LogP contribution < -0.4 is 43.7 Å². The molecule has 276 valence electrons. The quantitative estimate of drug-likeness (QED) is 0.0142. The van der Waals surface area contributed by atoms with Gasteiger partial charge in [-0.25, -0.2) is 10.9 Å². The third-order valence-corrected chi connectivity index (χ3v) is 7.55. The van der Waals surface area contributed by atoms with Crippen LogP contribution in [0.1, 0.15) is 38.2 Å². The molecule has 0 aliphatic carbocycles. The van der Waals surface area contributed by atoms with Crippen molar-refractivity contribution in [2.75, 3.05) is 11.6 Å². The highest BCUT2D eigenvalue weighted by molar-refractivity contribution is 7.80. The fraction of sp³-hybridized carbons (Fsp3) is 0.483. The summed E-state index contributed by atoms with van der Waals surface area (Å²) in [5.41, 5.74) is 17.9. The zero-order chi connectivity index (χ0) is 38.0. The first-order chi connectivity index (χ1) is 23.5. The minimum atomic E-state index is -1.98. The van der Waals surface area contributed by atoms with Crippen LogP contribution in [0.25, 0.3) is 0 Å². The van der Waals surface area contributed by atoms with E-state index in [4.69, 9.17) is 16.7 Å². The highest BCUT2D eigenvalue weighted by Gasteiger charge is 2.36. The molecule has 1 aromatic carbocycles. The molecule has 0 aromatic heterocycles. The molecular formula is C29H42N8O11S2. The lowest BCUT2D eigenvalue weighted by atomic mass is 10.0. The molecule has 21 heteroatoms. The molecule has 0 aliphatic rings. The summed E-state index contributed by atoms with van der Waals surface area (Å²) in [5.74, 6) is -10.0. The second-order valence-corrected chi connectivity index (χ2v) is 11.6. The highest BCUT2D eigenvalue weighted by atomic mass is 32.1. The smallest absolute Gasteiger partial charge is 0.305 e. The van der Waals surface area contributed by atoms with Gasteiger partial charge in [-0.3, -0.25) is 48.5 Å². The SMILES string of the molecule is C[C@H](NCS)C(=O)CC(=O)[C@H](CC(N)=O)NN[C@@H](Cc1ccccc1)C(=O)N[C@@H](CC(N)=O)C(=O)N[C@@H](CC(=O)O)C(=O)C(=O)[C@H](CS)NO. The lowest BCUT2D eigenvalue weighted by molar-refractivity contribution is -0.144. The molecule has 12 N–H and O–H groups in total. The summed E-state index contributed by atoms with van der Waals surface area (Å²) < 4.78 is 0. The van der Waals surface area contributed by atoms with E-state index >= 15 is 0 Å². The molecular weight excluding hydrogens is 700 g/mol. The molecule has 50 heavy (non-hydrogen) atoms. The van der Waals surface area contributed by atoms with Gasteiger partial charge in [0.25, 0.3) is 0 Å². The van der Waals surface area contributed by atoms with Gasteiger partial charge in [-0.15, -0.1) is 0 Å². The molecule has 6 atom stereocenters. The van der Waals surface area contributed by atoms with Gasteiger partial charge in [0.15, 0.2) is 11.6 Å². The Morgan fingerprint density at radius 3 is 1.76 bits per heavy atom. The fourth-order valence-corrected chi connectivity index (χ4v) is 4.79. The van der Waals surface area contributed by atoms with Crippen molar-refractivity contribution in [3.05, 3.63) is 35.9 Å². The van der Waals surface area contributed by atoms with E-state index in [1.807, 2.05) is 5.32 Å². The van der Waals surface area contributed by atoms with Crippen molar-refractivity contribution in [2.45, 2.75) is 75.3 Å². The number of hydrazine groups is 1. The van der Waals surface area contributed by atoms with Crippen LogP contribution in [-0.4, -0.2) is 111 Å². The van der Waals surface area contributed by atoms with E-state index in [-0.39, 0.29) is 18.1 Å². The molecule has 0 saturated carbocycles. The summed E-state index contributed by atoms with van der Waals surface area (Å²) in [6, 6.07) is -0.468. The zero-order valence-electron chi connectivity index (χ0n) is 26.9. The maximum atomic E-state index is 13.6. The third-order valence-electron chi connectivity index (χ3n) is 7.00. The van der Waals surface area contributed by atoms with Crippen molar-refractivity contribution < 1.29 is 53.5 Å². The van der Waals surface area contributed by atoms with Crippen LogP contribution in [0.2, 0.25) is 0 Å². The Morgan fingerprint density at radius 1 is 0.720 bits per heavy atom. The molecule has 0 aliphatic heterocycles. The summed E-state index contributed by atoms with van der Waals surface area (Å²) in [5, 5.41) is 25.5. The van der Waals surface area contributed by atoms with Gasteiger partial charge in [0.05, 0.1) is 37.8 Å². The van der Waals surface area contributed by atoms with E-state index in [9.17, 15) is 48.3 Å². The number of thiol groups is 2. The van der Waals surface area contributed by atoms with Gasteiger partial charge >= 0.3 is 5.97 Å². The van der Waals surface area contributed by atoms with Gasteiger partial charge in [0.2, 0.25) is 35.2 Å². The number of nitrogens with one attached hydrogen (secondary N) is 6. The summed E-state index contributed by atoms with van der Waals surface area (Å²) >= 11 is 7.79. The van der Waals surface area contributed by atoms with Crippen LogP contribution in [0.3, 0.4) is 0 Å². The minimum Gasteiger partial charge on any atom is -0.481 e. The summed E-state index contributed by atoms with van der Waals surface area (Å²) in [4.78, 5) is 113. The molecule has 0 unspecified atom stereocenters. The van der Waals surface area contributed by atoms with Gasteiger partial charge in [0.1, 0.15) is 24.2 Å². The van der Waals surface area contributed by atoms with Crippen LogP contribution >= 0.6 is 25.3 Å².